The van der Waals surface area contributed by atoms with Crippen LogP contribution in [-0.4, -0.2) is 28.2 Å². The van der Waals surface area contributed by atoms with Crippen molar-refractivity contribution in [3.8, 4) is 0 Å². The first-order valence-electron chi connectivity index (χ1n) is 8.01. The maximum Gasteiger partial charge on any atom is 0.252 e. The summed E-state index contributed by atoms with van der Waals surface area (Å²) < 4.78 is 0. The fourth-order valence-corrected chi connectivity index (χ4v) is 2.17. The van der Waals surface area contributed by atoms with Crippen LogP contribution in [0.5, 0.6) is 0 Å². The average Bonchev–Trinajstić information content (AvgIpc) is 2.61. The molecule has 138 valence electrons. The number of hydrogen-bond donors (Lipinski definition) is 4. The zero-order chi connectivity index (χ0) is 19.2. The molecule has 1 atom stereocenters. The Kier molecular flexibility index (Phi) is 6.54. The molecule has 1 aromatic carbocycles. The lowest BCUT2D eigenvalue weighted by molar-refractivity contribution is 0.0905. The number of nitrogens with zero attached hydrogens (tertiary/aromatic N) is 2. The van der Waals surface area contributed by atoms with Crippen molar-refractivity contribution >= 4 is 29.2 Å². The molecule has 0 bridgehead atoms. The molecule has 1 amide bonds. The quantitative estimate of drug-likeness (QED) is 0.373. The van der Waals surface area contributed by atoms with Gasteiger partial charge in [0.1, 0.15) is 6.17 Å². The summed E-state index contributed by atoms with van der Waals surface area (Å²) in [4.78, 5) is 20.9. The Balaban J connectivity index is 2.20. The second kappa shape index (κ2) is 8.64. The van der Waals surface area contributed by atoms with E-state index in [9.17, 15) is 10.0 Å². The predicted octanol–water partition coefficient (Wildman–Crippen LogP) is 3.28. The van der Waals surface area contributed by atoms with Gasteiger partial charge in [-0.1, -0.05) is 32.4 Å². The molecule has 0 aliphatic rings. The summed E-state index contributed by atoms with van der Waals surface area (Å²) in [5.74, 6) is -0.196. The molecule has 2 rings (SSSR count). The fourth-order valence-electron chi connectivity index (χ4n) is 2.04. The number of amides is 1. The van der Waals surface area contributed by atoms with Crippen molar-refractivity contribution in [3.05, 3.63) is 59.4 Å². The molecule has 4 N–H and O–H groups in total. The van der Waals surface area contributed by atoms with Crippen molar-refractivity contribution in [2.75, 3.05) is 5.32 Å². The summed E-state index contributed by atoms with van der Waals surface area (Å²) >= 11 is 5.86. The number of aliphatic imine (C=N–C) groups is 1. The minimum Gasteiger partial charge on any atom is -0.330 e. The predicted molar refractivity (Wildman–Crippen MR) is 102 cm³/mol. The molecule has 2 aromatic rings. The van der Waals surface area contributed by atoms with Crippen molar-refractivity contribution in [1.82, 2.24) is 15.8 Å². The van der Waals surface area contributed by atoms with Crippen molar-refractivity contribution in [2.24, 2.45) is 10.4 Å². The van der Waals surface area contributed by atoms with Crippen LogP contribution in [0.15, 0.2) is 53.8 Å². The molecular formula is C18H22ClN5O2. The Labute approximate surface area is 157 Å². The van der Waals surface area contributed by atoms with Crippen LogP contribution >= 0.6 is 11.6 Å². The summed E-state index contributed by atoms with van der Waals surface area (Å²) in [6.45, 7) is 5.80. The molecular weight excluding hydrogens is 354 g/mol. The molecule has 7 nitrogen and oxygen atoms in total. The number of carbonyl (C=O) groups is 1. The molecule has 0 saturated heterocycles. The van der Waals surface area contributed by atoms with Gasteiger partial charge in [-0.15, -0.1) is 0 Å². The van der Waals surface area contributed by atoms with Crippen molar-refractivity contribution < 1.29 is 10.0 Å². The molecule has 0 aliphatic carbocycles. The third-order valence-electron chi connectivity index (χ3n) is 3.48. The summed E-state index contributed by atoms with van der Waals surface area (Å²) in [6, 6.07) is 10.1. The number of benzene rings is 1. The maximum atomic E-state index is 12.5. The van der Waals surface area contributed by atoms with Gasteiger partial charge in [0.2, 0.25) is 5.96 Å². The van der Waals surface area contributed by atoms with Gasteiger partial charge in [0.05, 0.1) is 11.9 Å². The van der Waals surface area contributed by atoms with Gasteiger partial charge >= 0.3 is 0 Å². The highest BCUT2D eigenvalue weighted by Crippen LogP contribution is 2.21. The fraction of sp³-hybridized carbons (Fsp3) is 0.278. The third kappa shape index (κ3) is 5.72. The number of hydrogen-bond acceptors (Lipinski definition) is 4. The zero-order valence-electron chi connectivity index (χ0n) is 14.8. The van der Waals surface area contributed by atoms with E-state index in [-0.39, 0.29) is 11.9 Å². The lowest BCUT2D eigenvalue weighted by atomic mass is 9.92. The largest absolute Gasteiger partial charge is 0.330 e. The molecule has 0 saturated carbocycles. The second-order valence-corrected chi connectivity index (χ2v) is 7.14. The van der Waals surface area contributed by atoms with E-state index in [2.05, 4.69) is 20.6 Å². The van der Waals surface area contributed by atoms with Crippen LogP contribution in [0.1, 0.15) is 31.1 Å². The van der Waals surface area contributed by atoms with Crippen molar-refractivity contribution in [3.63, 3.8) is 0 Å². The third-order valence-corrected chi connectivity index (χ3v) is 3.73. The lowest BCUT2D eigenvalue weighted by Crippen LogP contribution is -2.44. The van der Waals surface area contributed by atoms with E-state index in [0.29, 0.717) is 16.3 Å². The molecule has 26 heavy (non-hydrogen) atoms. The number of nitrogens with one attached hydrogen (secondary N) is 3. The summed E-state index contributed by atoms with van der Waals surface area (Å²) in [6.07, 6.45) is 2.62. The van der Waals surface area contributed by atoms with Gasteiger partial charge in [-0.25, -0.2) is 10.5 Å². The van der Waals surface area contributed by atoms with E-state index in [4.69, 9.17) is 11.6 Å². The van der Waals surface area contributed by atoms with E-state index in [1.54, 1.807) is 48.8 Å². The van der Waals surface area contributed by atoms with Gasteiger partial charge in [-0.3, -0.25) is 15.0 Å². The number of pyridine rings is 1. The highest BCUT2D eigenvalue weighted by Gasteiger charge is 2.27. The van der Waals surface area contributed by atoms with Gasteiger partial charge < -0.3 is 10.6 Å². The first-order valence-corrected chi connectivity index (χ1v) is 8.39. The van der Waals surface area contributed by atoms with Crippen LogP contribution in [0.4, 0.5) is 5.69 Å². The Morgan fingerprint density at radius 1 is 1.23 bits per heavy atom. The van der Waals surface area contributed by atoms with Gasteiger partial charge in [0.25, 0.3) is 5.91 Å². The number of aromatic nitrogens is 1. The number of rotatable bonds is 4. The smallest absolute Gasteiger partial charge is 0.252 e. The Hall–Kier alpha value is -2.64. The van der Waals surface area contributed by atoms with E-state index in [1.165, 1.54) is 0 Å². The van der Waals surface area contributed by atoms with Gasteiger partial charge in [0, 0.05) is 22.2 Å². The number of anilines is 1. The Bertz CT molecular complexity index is 757. The van der Waals surface area contributed by atoms with E-state index < -0.39 is 11.6 Å². The van der Waals surface area contributed by atoms with Crippen molar-refractivity contribution in [1.29, 1.82) is 0 Å². The molecule has 1 heterocycles. The van der Waals surface area contributed by atoms with Crippen LogP contribution in [0.3, 0.4) is 0 Å². The minimum absolute atomic E-state index is 0.0920. The topological polar surface area (TPSA) is 98.6 Å². The van der Waals surface area contributed by atoms with E-state index in [0.717, 1.165) is 0 Å². The normalized spacial score (nSPS) is 13.0. The van der Waals surface area contributed by atoms with Gasteiger partial charge in [-0.05, 0) is 36.4 Å². The van der Waals surface area contributed by atoms with Gasteiger partial charge in [0.15, 0.2) is 0 Å². The zero-order valence-corrected chi connectivity index (χ0v) is 15.6. The highest BCUT2D eigenvalue weighted by molar-refractivity contribution is 6.30. The molecule has 1 unspecified atom stereocenters. The molecule has 8 heteroatoms. The highest BCUT2D eigenvalue weighted by atomic mass is 35.5. The van der Waals surface area contributed by atoms with Crippen LogP contribution in [-0.2, 0) is 0 Å². The van der Waals surface area contributed by atoms with Crippen LogP contribution < -0.4 is 16.1 Å². The maximum absolute atomic E-state index is 12.5. The van der Waals surface area contributed by atoms with Crippen LogP contribution in [0, 0.1) is 5.41 Å². The summed E-state index contributed by atoms with van der Waals surface area (Å²) in [5, 5.41) is 15.7. The lowest BCUT2D eigenvalue weighted by Gasteiger charge is -2.29. The number of halogens is 1. The number of hydroxylamine groups is 1. The minimum atomic E-state index is -0.607. The number of carbonyl (C=O) groups excluding carboxylic acids is 1. The first kappa shape index (κ1) is 19.7. The standard InChI is InChI=1S/C18H22ClN5O2/c1-18(2,3)16(22-15(25)12-6-8-13(19)9-7-12)23-17(24-26)21-14-5-4-10-20-11-14/h4-11,16,26H,1-3H3,(H,22,25)(H2,21,23,24). The number of guanidine groups is 1. The van der Waals surface area contributed by atoms with Crippen LogP contribution in [0.25, 0.3) is 0 Å². The van der Waals surface area contributed by atoms with E-state index in [1.807, 2.05) is 26.3 Å². The molecule has 0 aliphatic heterocycles. The van der Waals surface area contributed by atoms with Crippen LogP contribution in [0.2, 0.25) is 5.02 Å². The Morgan fingerprint density at radius 3 is 2.46 bits per heavy atom. The Morgan fingerprint density at radius 2 is 1.92 bits per heavy atom. The summed E-state index contributed by atoms with van der Waals surface area (Å²) in [5.41, 5.74) is 2.73. The molecule has 0 radical (unpaired) electrons. The average molecular weight is 376 g/mol. The SMILES string of the molecule is CC(C)(C)C(N=C(NO)Nc1cccnc1)NC(=O)c1ccc(Cl)cc1. The van der Waals surface area contributed by atoms with Gasteiger partial charge in [-0.2, -0.15) is 0 Å². The second-order valence-electron chi connectivity index (χ2n) is 6.71. The molecule has 1 aromatic heterocycles. The molecule has 0 spiro atoms. The van der Waals surface area contributed by atoms with Crippen molar-refractivity contribution in [2.45, 2.75) is 26.9 Å². The summed E-state index contributed by atoms with van der Waals surface area (Å²) in [7, 11) is 0. The monoisotopic (exact) mass is 375 g/mol. The first-order chi connectivity index (χ1) is 12.3. The van der Waals surface area contributed by atoms with E-state index >= 15 is 0 Å². The molecule has 0 fully saturated rings.